The predicted molar refractivity (Wildman–Crippen MR) is 189 cm³/mol. The first-order chi connectivity index (χ1) is 21.8. The lowest BCUT2D eigenvalue weighted by Crippen LogP contribution is -1.91. The Labute approximate surface area is 258 Å². The smallest absolute Gasteiger partial charge is 0.00262 e. The Morgan fingerprint density at radius 1 is 0.182 bits per heavy atom. The lowest BCUT2D eigenvalue weighted by atomic mass is 9.85. The molecule has 0 saturated carbocycles. The fourth-order valence-electron chi connectivity index (χ4n) is 6.57. The van der Waals surface area contributed by atoms with Crippen LogP contribution in [0.3, 0.4) is 0 Å². The van der Waals surface area contributed by atoms with Crippen LogP contribution in [0, 0.1) is 0 Å². The van der Waals surface area contributed by atoms with E-state index < -0.39 is 0 Å². The SMILES string of the molecule is c1ccc(-c2cccc(-c3ccc(-c4c5ccccc5c(-c5cccc(-c6ccccc6)c5)c5ccccc45)cc3)c2)cc1. The Balaban J connectivity index is 1.27. The van der Waals surface area contributed by atoms with Gasteiger partial charge in [-0.25, -0.2) is 0 Å². The van der Waals surface area contributed by atoms with Gasteiger partial charge in [0.2, 0.25) is 0 Å². The van der Waals surface area contributed by atoms with Gasteiger partial charge in [0, 0.05) is 0 Å². The summed E-state index contributed by atoms with van der Waals surface area (Å²) in [7, 11) is 0. The molecule has 0 aliphatic heterocycles. The Hall–Kier alpha value is -5.72. The molecule has 8 aromatic rings. The van der Waals surface area contributed by atoms with Crippen molar-refractivity contribution >= 4 is 21.5 Å². The molecule has 0 bridgehead atoms. The third-order valence-corrected chi connectivity index (χ3v) is 8.67. The van der Waals surface area contributed by atoms with Gasteiger partial charge in [0.25, 0.3) is 0 Å². The number of fused-ring (bicyclic) bond motifs is 2. The van der Waals surface area contributed by atoms with Crippen LogP contribution in [0.1, 0.15) is 0 Å². The predicted octanol–water partition coefficient (Wildman–Crippen LogP) is 12.3. The molecule has 8 aromatic carbocycles. The van der Waals surface area contributed by atoms with Crippen LogP contribution in [0.2, 0.25) is 0 Å². The van der Waals surface area contributed by atoms with Crippen LogP contribution in [-0.2, 0) is 0 Å². The van der Waals surface area contributed by atoms with Crippen LogP contribution in [0.15, 0.2) is 182 Å². The summed E-state index contributed by atoms with van der Waals surface area (Å²) < 4.78 is 0. The van der Waals surface area contributed by atoms with Gasteiger partial charge in [0.05, 0.1) is 0 Å². The fourth-order valence-corrected chi connectivity index (χ4v) is 6.57. The average Bonchev–Trinajstić information content (AvgIpc) is 3.11. The van der Waals surface area contributed by atoms with Crippen LogP contribution in [0.25, 0.3) is 77.2 Å². The van der Waals surface area contributed by atoms with E-state index in [4.69, 9.17) is 0 Å². The van der Waals surface area contributed by atoms with Gasteiger partial charge in [-0.15, -0.1) is 0 Å². The minimum atomic E-state index is 1.22. The standard InChI is InChI=1S/C44H30/c1-3-13-31(14-4-1)35-17-11-18-36(29-35)33-25-27-34(28-26-33)43-39-21-7-9-23-41(39)44(42-24-10-8-22-40(42)43)38-20-12-19-37(30-38)32-15-5-2-6-16-32/h1-30H. The zero-order chi connectivity index (χ0) is 29.3. The van der Waals surface area contributed by atoms with Gasteiger partial charge in [-0.1, -0.05) is 170 Å². The molecule has 0 nitrogen and oxygen atoms in total. The van der Waals surface area contributed by atoms with Crippen LogP contribution >= 0.6 is 0 Å². The Morgan fingerprint density at radius 2 is 0.477 bits per heavy atom. The molecule has 0 fully saturated rings. The lowest BCUT2D eigenvalue weighted by Gasteiger charge is -2.18. The second kappa shape index (κ2) is 11.2. The molecule has 206 valence electrons. The van der Waals surface area contributed by atoms with Crippen molar-refractivity contribution in [2.75, 3.05) is 0 Å². The molecular formula is C44H30. The molecule has 0 saturated heterocycles. The normalized spacial score (nSPS) is 11.2. The molecule has 0 aliphatic carbocycles. The van der Waals surface area contributed by atoms with Crippen LogP contribution in [-0.4, -0.2) is 0 Å². The maximum atomic E-state index is 2.33. The highest BCUT2D eigenvalue weighted by atomic mass is 14.2. The fraction of sp³-hybridized carbons (Fsp3) is 0. The first-order valence-electron chi connectivity index (χ1n) is 15.2. The van der Waals surface area contributed by atoms with Gasteiger partial charge in [0.15, 0.2) is 0 Å². The Kier molecular flexibility index (Phi) is 6.59. The molecule has 0 spiro atoms. The molecule has 0 aromatic heterocycles. The quantitative estimate of drug-likeness (QED) is 0.184. The summed E-state index contributed by atoms with van der Waals surface area (Å²) >= 11 is 0. The molecule has 0 N–H and O–H groups in total. The van der Waals surface area contributed by atoms with Crippen molar-refractivity contribution in [1.82, 2.24) is 0 Å². The maximum Gasteiger partial charge on any atom is -0.00262 e. The summed E-state index contributed by atoms with van der Waals surface area (Å²) in [6.45, 7) is 0. The molecule has 0 heteroatoms. The molecule has 0 heterocycles. The van der Waals surface area contributed by atoms with Crippen LogP contribution in [0.4, 0.5) is 0 Å². The van der Waals surface area contributed by atoms with Gasteiger partial charge >= 0.3 is 0 Å². The van der Waals surface area contributed by atoms with Crippen molar-refractivity contribution in [2.45, 2.75) is 0 Å². The van der Waals surface area contributed by atoms with E-state index >= 15 is 0 Å². The van der Waals surface area contributed by atoms with Gasteiger partial charge < -0.3 is 0 Å². The lowest BCUT2D eigenvalue weighted by molar-refractivity contribution is 1.58. The zero-order valence-corrected chi connectivity index (χ0v) is 24.3. The summed E-state index contributed by atoms with van der Waals surface area (Å²) in [4.78, 5) is 0. The summed E-state index contributed by atoms with van der Waals surface area (Å²) in [6, 6.07) is 65.9. The number of rotatable bonds is 5. The highest BCUT2D eigenvalue weighted by Gasteiger charge is 2.17. The van der Waals surface area contributed by atoms with Gasteiger partial charge in [0.1, 0.15) is 0 Å². The maximum absolute atomic E-state index is 2.33. The van der Waals surface area contributed by atoms with Gasteiger partial charge in [-0.2, -0.15) is 0 Å². The molecule has 0 atom stereocenters. The first-order valence-corrected chi connectivity index (χ1v) is 15.2. The third kappa shape index (κ3) is 4.68. The van der Waals surface area contributed by atoms with E-state index in [1.165, 1.54) is 77.2 Å². The van der Waals surface area contributed by atoms with E-state index in [9.17, 15) is 0 Å². The number of hydrogen-bond donors (Lipinski definition) is 0. The van der Waals surface area contributed by atoms with Crippen molar-refractivity contribution < 1.29 is 0 Å². The second-order valence-corrected chi connectivity index (χ2v) is 11.3. The molecule has 0 aliphatic rings. The number of hydrogen-bond acceptors (Lipinski definition) is 0. The van der Waals surface area contributed by atoms with Crippen molar-refractivity contribution in [1.29, 1.82) is 0 Å². The van der Waals surface area contributed by atoms with Crippen LogP contribution < -0.4 is 0 Å². The molecule has 0 amide bonds. The highest BCUT2D eigenvalue weighted by Crippen LogP contribution is 2.44. The Morgan fingerprint density at radius 3 is 0.932 bits per heavy atom. The largest absolute Gasteiger partial charge is 0.0622 e. The van der Waals surface area contributed by atoms with Crippen molar-refractivity contribution in [3.8, 4) is 55.6 Å². The summed E-state index contributed by atoms with van der Waals surface area (Å²) in [5, 5.41) is 5.08. The average molecular weight is 559 g/mol. The molecule has 8 rings (SSSR count). The van der Waals surface area contributed by atoms with Gasteiger partial charge in [-0.3, -0.25) is 0 Å². The topological polar surface area (TPSA) is 0 Å². The van der Waals surface area contributed by atoms with E-state index in [0.717, 1.165) is 0 Å². The van der Waals surface area contributed by atoms with E-state index in [0.29, 0.717) is 0 Å². The van der Waals surface area contributed by atoms with Crippen LogP contribution in [0.5, 0.6) is 0 Å². The molecule has 0 radical (unpaired) electrons. The van der Waals surface area contributed by atoms with E-state index in [1.54, 1.807) is 0 Å². The van der Waals surface area contributed by atoms with Crippen molar-refractivity contribution in [3.05, 3.63) is 182 Å². The molecule has 44 heavy (non-hydrogen) atoms. The summed E-state index contributed by atoms with van der Waals surface area (Å²) in [6.07, 6.45) is 0. The van der Waals surface area contributed by atoms with Crippen molar-refractivity contribution in [3.63, 3.8) is 0 Å². The van der Waals surface area contributed by atoms with E-state index in [1.807, 2.05) is 0 Å². The summed E-state index contributed by atoms with van der Waals surface area (Å²) in [5.74, 6) is 0. The van der Waals surface area contributed by atoms with E-state index in [-0.39, 0.29) is 0 Å². The van der Waals surface area contributed by atoms with Gasteiger partial charge in [-0.05, 0) is 89.3 Å². The molecule has 0 unspecified atom stereocenters. The monoisotopic (exact) mass is 558 g/mol. The molecular weight excluding hydrogens is 528 g/mol. The second-order valence-electron chi connectivity index (χ2n) is 11.3. The number of benzene rings is 8. The summed E-state index contributed by atoms with van der Waals surface area (Å²) in [5.41, 5.74) is 12.4. The minimum absolute atomic E-state index is 1.22. The van der Waals surface area contributed by atoms with E-state index in [2.05, 4.69) is 182 Å². The third-order valence-electron chi connectivity index (χ3n) is 8.67. The Bertz CT molecular complexity index is 2180. The highest BCUT2D eigenvalue weighted by molar-refractivity contribution is 6.21. The van der Waals surface area contributed by atoms with Crippen molar-refractivity contribution in [2.24, 2.45) is 0 Å². The minimum Gasteiger partial charge on any atom is -0.0622 e. The first kappa shape index (κ1) is 25.9. The zero-order valence-electron chi connectivity index (χ0n) is 24.3.